The van der Waals surface area contributed by atoms with Crippen molar-refractivity contribution in [3.63, 3.8) is 0 Å². The molecule has 1 aromatic carbocycles. The lowest BCUT2D eigenvalue weighted by Crippen LogP contribution is -2.48. The van der Waals surface area contributed by atoms with Gasteiger partial charge in [0.1, 0.15) is 0 Å². The van der Waals surface area contributed by atoms with E-state index in [0.29, 0.717) is 12.0 Å². The molecule has 0 saturated heterocycles. The molecule has 0 bridgehead atoms. The summed E-state index contributed by atoms with van der Waals surface area (Å²) in [6.07, 6.45) is 0.695. The van der Waals surface area contributed by atoms with E-state index in [2.05, 4.69) is 5.32 Å². The van der Waals surface area contributed by atoms with Gasteiger partial charge in [-0.3, -0.25) is 4.79 Å². The minimum absolute atomic E-state index is 0.0554. The third kappa shape index (κ3) is 3.30. The number of aliphatic hydroxyl groups is 1. The van der Waals surface area contributed by atoms with Gasteiger partial charge in [0.15, 0.2) is 0 Å². The highest BCUT2D eigenvalue weighted by molar-refractivity contribution is 5.96. The summed E-state index contributed by atoms with van der Waals surface area (Å²) in [6, 6.07) is 5.73. The van der Waals surface area contributed by atoms with Gasteiger partial charge in [0.2, 0.25) is 0 Å². The number of nitrogens with one attached hydrogen (secondary N) is 1. The first-order valence-electron chi connectivity index (χ1n) is 5.92. The summed E-state index contributed by atoms with van der Waals surface area (Å²) in [6.45, 7) is 7.65. The predicted octanol–water partition coefficient (Wildman–Crippen LogP) is 2.19. The average molecular weight is 235 g/mol. The Balaban J connectivity index is 2.90. The van der Waals surface area contributed by atoms with E-state index in [0.717, 1.165) is 11.1 Å². The van der Waals surface area contributed by atoms with Crippen LogP contribution in [-0.2, 0) is 0 Å². The molecule has 0 spiro atoms. The Labute approximate surface area is 103 Å². The van der Waals surface area contributed by atoms with Crippen molar-refractivity contribution in [3.8, 4) is 0 Å². The topological polar surface area (TPSA) is 49.3 Å². The largest absolute Gasteiger partial charge is 0.394 e. The Kier molecular flexibility index (Phi) is 4.29. The number of aryl methyl sites for hydroxylation is 2. The molecule has 0 aliphatic rings. The van der Waals surface area contributed by atoms with Crippen molar-refractivity contribution in [2.75, 3.05) is 6.61 Å². The normalized spacial score (nSPS) is 14.2. The molecule has 17 heavy (non-hydrogen) atoms. The minimum atomic E-state index is -0.547. The average Bonchev–Trinajstić information content (AvgIpc) is 2.28. The van der Waals surface area contributed by atoms with Crippen LogP contribution in [0.4, 0.5) is 0 Å². The third-order valence-corrected chi connectivity index (χ3v) is 3.17. The Morgan fingerprint density at radius 3 is 2.53 bits per heavy atom. The van der Waals surface area contributed by atoms with E-state index >= 15 is 0 Å². The number of carbonyl (C=O) groups is 1. The highest BCUT2D eigenvalue weighted by atomic mass is 16.3. The van der Waals surface area contributed by atoms with Crippen LogP contribution < -0.4 is 5.32 Å². The molecule has 0 radical (unpaired) electrons. The molecule has 1 atom stereocenters. The predicted molar refractivity (Wildman–Crippen MR) is 69.2 cm³/mol. The van der Waals surface area contributed by atoms with Gasteiger partial charge in [-0.25, -0.2) is 0 Å². The molecular formula is C14H21NO2. The number of benzene rings is 1. The zero-order valence-electron chi connectivity index (χ0n) is 11.0. The van der Waals surface area contributed by atoms with E-state index in [1.54, 1.807) is 0 Å². The first-order chi connectivity index (χ1) is 7.91. The monoisotopic (exact) mass is 235 g/mol. The van der Waals surface area contributed by atoms with Crippen LogP contribution in [0.3, 0.4) is 0 Å². The van der Waals surface area contributed by atoms with Crippen molar-refractivity contribution >= 4 is 5.91 Å². The number of hydrogen-bond acceptors (Lipinski definition) is 2. The van der Waals surface area contributed by atoms with Gasteiger partial charge in [0.25, 0.3) is 5.91 Å². The first-order valence-corrected chi connectivity index (χ1v) is 5.92. The molecule has 3 nitrogen and oxygen atoms in total. The molecule has 2 N–H and O–H groups in total. The van der Waals surface area contributed by atoms with E-state index in [1.165, 1.54) is 0 Å². The van der Waals surface area contributed by atoms with Crippen LogP contribution >= 0.6 is 0 Å². The fourth-order valence-corrected chi connectivity index (χ4v) is 1.65. The van der Waals surface area contributed by atoms with E-state index in [1.807, 2.05) is 45.9 Å². The maximum atomic E-state index is 12.1. The summed E-state index contributed by atoms with van der Waals surface area (Å²) in [7, 11) is 0. The fraction of sp³-hybridized carbons (Fsp3) is 0.500. The van der Waals surface area contributed by atoms with Crippen molar-refractivity contribution in [1.82, 2.24) is 5.32 Å². The fourth-order valence-electron chi connectivity index (χ4n) is 1.65. The number of aliphatic hydroxyl groups excluding tert-OH is 1. The second-order valence-corrected chi connectivity index (χ2v) is 4.84. The molecule has 0 saturated carbocycles. The third-order valence-electron chi connectivity index (χ3n) is 3.17. The van der Waals surface area contributed by atoms with Crippen LogP contribution in [0.25, 0.3) is 0 Å². The van der Waals surface area contributed by atoms with Crippen molar-refractivity contribution in [2.24, 2.45) is 0 Å². The molecule has 1 amide bonds. The number of amides is 1. The van der Waals surface area contributed by atoms with Crippen LogP contribution in [0.5, 0.6) is 0 Å². The van der Waals surface area contributed by atoms with Crippen LogP contribution in [0, 0.1) is 13.8 Å². The summed E-state index contributed by atoms with van der Waals surface area (Å²) < 4.78 is 0. The highest BCUT2D eigenvalue weighted by Crippen LogP contribution is 2.14. The smallest absolute Gasteiger partial charge is 0.252 e. The maximum absolute atomic E-state index is 12.1. The molecule has 1 unspecified atom stereocenters. The van der Waals surface area contributed by atoms with Gasteiger partial charge in [0.05, 0.1) is 12.1 Å². The molecule has 1 rings (SSSR count). The minimum Gasteiger partial charge on any atom is -0.394 e. The summed E-state index contributed by atoms with van der Waals surface area (Å²) >= 11 is 0. The standard InChI is InChI=1S/C14H21NO2/c1-5-14(4,9-16)15-13(17)12-7-6-10(2)8-11(12)3/h6-8,16H,5,9H2,1-4H3,(H,15,17). The summed E-state index contributed by atoms with van der Waals surface area (Å²) in [5.41, 5.74) is 2.22. The molecule has 0 fully saturated rings. The van der Waals surface area contributed by atoms with Crippen molar-refractivity contribution in [3.05, 3.63) is 34.9 Å². The van der Waals surface area contributed by atoms with Crippen LogP contribution in [0.2, 0.25) is 0 Å². The molecule has 1 aromatic rings. The second-order valence-electron chi connectivity index (χ2n) is 4.84. The zero-order valence-corrected chi connectivity index (χ0v) is 11.0. The quantitative estimate of drug-likeness (QED) is 0.840. The van der Waals surface area contributed by atoms with Gasteiger partial charge < -0.3 is 10.4 Å². The van der Waals surface area contributed by atoms with Gasteiger partial charge >= 0.3 is 0 Å². The van der Waals surface area contributed by atoms with Crippen molar-refractivity contribution in [1.29, 1.82) is 0 Å². The summed E-state index contributed by atoms with van der Waals surface area (Å²) in [4.78, 5) is 12.1. The van der Waals surface area contributed by atoms with Gasteiger partial charge in [-0.2, -0.15) is 0 Å². The number of hydrogen-bond donors (Lipinski definition) is 2. The Morgan fingerprint density at radius 2 is 2.06 bits per heavy atom. The summed E-state index contributed by atoms with van der Waals surface area (Å²) in [5, 5.41) is 12.2. The number of rotatable bonds is 4. The number of carbonyl (C=O) groups excluding carboxylic acids is 1. The lowest BCUT2D eigenvalue weighted by atomic mass is 9.98. The lowest BCUT2D eigenvalue weighted by Gasteiger charge is -2.27. The zero-order chi connectivity index (χ0) is 13.1. The van der Waals surface area contributed by atoms with Crippen LogP contribution in [0.15, 0.2) is 18.2 Å². The summed E-state index contributed by atoms with van der Waals surface area (Å²) in [5.74, 6) is -0.124. The lowest BCUT2D eigenvalue weighted by molar-refractivity contribution is 0.0847. The maximum Gasteiger partial charge on any atom is 0.252 e. The van der Waals surface area contributed by atoms with E-state index < -0.39 is 5.54 Å². The van der Waals surface area contributed by atoms with Crippen LogP contribution in [-0.4, -0.2) is 23.2 Å². The van der Waals surface area contributed by atoms with Crippen molar-refractivity contribution < 1.29 is 9.90 Å². The molecule has 0 aromatic heterocycles. The Bertz CT molecular complexity index is 409. The first kappa shape index (κ1) is 13.7. The van der Waals surface area contributed by atoms with E-state index in [9.17, 15) is 9.90 Å². The van der Waals surface area contributed by atoms with Crippen molar-refractivity contribution in [2.45, 2.75) is 39.7 Å². The van der Waals surface area contributed by atoms with E-state index in [-0.39, 0.29) is 12.5 Å². The van der Waals surface area contributed by atoms with Gasteiger partial charge in [-0.15, -0.1) is 0 Å². The Hall–Kier alpha value is -1.35. The molecule has 3 heteroatoms. The molecular weight excluding hydrogens is 214 g/mol. The second kappa shape index (κ2) is 5.32. The Morgan fingerprint density at radius 1 is 1.41 bits per heavy atom. The SMILES string of the molecule is CCC(C)(CO)NC(=O)c1ccc(C)cc1C. The molecule has 0 aliphatic heterocycles. The van der Waals surface area contributed by atoms with Gasteiger partial charge in [-0.05, 0) is 38.8 Å². The van der Waals surface area contributed by atoms with E-state index in [4.69, 9.17) is 0 Å². The molecule has 94 valence electrons. The van der Waals surface area contributed by atoms with Gasteiger partial charge in [-0.1, -0.05) is 24.6 Å². The van der Waals surface area contributed by atoms with Gasteiger partial charge in [0, 0.05) is 5.56 Å². The molecule has 0 aliphatic carbocycles. The van der Waals surface area contributed by atoms with Crippen LogP contribution in [0.1, 0.15) is 41.8 Å². The molecule has 0 heterocycles. The highest BCUT2D eigenvalue weighted by Gasteiger charge is 2.24.